The predicted molar refractivity (Wildman–Crippen MR) is 12.2 cm³/mol. The summed E-state index contributed by atoms with van der Waals surface area (Å²) in [6, 6.07) is 0. The molecular formula is AlOSiZr. The topological polar surface area (TPSA) is 17.1 Å². The van der Waals surface area contributed by atoms with Crippen molar-refractivity contribution in [1.82, 2.24) is 0 Å². The Kier molecular flexibility index (Phi) is 115. The van der Waals surface area contributed by atoms with Gasteiger partial charge in [-0.05, 0) is 0 Å². The number of hydrogen-bond donors (Lipinski definition) is 0. The van der Waals surface area contributed by atoms with Gasteiger partial charge < -0.3 is 4.46 Å². The first-order chi connectivity index (χ1) is 1.00. The molecule has 0 heterocycles. The zero-order valence-corrected chi connectivity index (χ0v) is 6.60. The quantitative estimate of drug-likeness (QED) is 0.423. The summed E-state index contributed by atoms with van der Waals surface area (Å²) in [7, 11) is 1.72. The SMILES string of the molecule is O=[Si].[Al].[Zr]. The molecule has 0 aromatic rings. The molecule has 0 amide bonds. The maximum atomic E-state index is 8.06. The van der Waals surface area contributed by atoms with E-state index >= 15 is 0 Å². The summed E-state index contributed by atoms with van der Waals surface area (Å²) in [4.78, 5) is 0. The summed E-state index contributed by atoms with van der Waals surface area (Å²) in [5.41, 5.74) is 0. The molecule has 5 radical (unpaired) electrons. The molecule has 4 heavy (non-hydrogen) atoms. The molecule has 0 bridgehead atoms. The van der Waals surface area contributed by atoms with Gasteiger partial charge in [-0.15, -0.1) is 0 Å². The van der Waals surface area contributed by atoms with Crippen LogP contribution in [0.15, 0.2) is 0 Å². The fraction of sp³-hybridized carbons (Fsp3) is 0. The molecule has 0 aliphatic rings. The van der Waals surface area contributed by atoms with Gasteiger partial charge in [0.2, 0.25) is 0 Å². The second kappa shape index (κ2) is 25.5. The molecule has 4 heteroatoms. The third kappa shape index (κ3) is 9.90. The Bertz CT molecular complexity index is 8.00. The van der Waals surface area contributed by atoms with E-state index in [9.17, 15) is 0 Å². The van der Waals surface area contributed by atoms with E-state index in [1.165, 1.54) is 0 Å². The first-order valence-corrected chi connectivity index (χ1v) is 0.612. The Labute approximate surface area is 57.9 Å². The average Bonchev–Trinajstić information content (AvgIpc) is 1.00. The van der Waals surface area contributed by atoms with Crippen LogP contribution in [-0.2, 0) is 30.7 Å². The van der Waals surface area contributed by atoms with Crippen LogP contribution in [-0.4, -0.2) is 27.5 Å². The maximum absolute atomic E-state index is 8.06. The van der Waals surface area contributed by atoms with E-state index < -0.39 is 0 Å². The minimum atomic E-state index is 0. The monoisotopic (exact) mass is 161 g/mol. The Morgan fingerprint density at radius 1 is 1.25 bits per heavy atom. The second-order valence-electron chi connectivity index (χ2n) is 0. The Balaban J connectivity index is -0.00000000500. The van der Waals surface area contributed by atoms with Gasteiger partial charge >= 0.3 is 10.1 Å². The number of hydrogen-bond acceptors (Lipinski definition) is 1. The van der Waals surface area contributed by atoms with Crippen LogP contribution in [0, 0.1) is 0 Å². The van der Waals surface area contributed by atoms with E-state index in [-0.39, 0.29) is 43.6 Å². The van der Waals surface area contributed by atoms with Crippen LogP contribution in [0.1, 0.15) is 0 Å². The van der Waals surface area contributed by atoms with Crippen LogP contribution in [0.2, 0.25) is 0 Å². The van der Waals surface area contributed by atoms with Crippen molar-refractivity contribution in [2.24, 2.45) is 0 Å². The molecule has 0 N–H and O–H groups in total. The third-order valence-corrected chi connectivity index (χ3v) is 0. The van der Waals surface area contributed by atoms with Crippen molar-refractivity contribution >= 4 is 27.5 Å². The molecule has 0 saturated heterocycles. The summed E-state index contributed by atoms with van der Waals surface area (Å²) in [5, 5.41) is 0. The van der Waals surface area contributed by atoms with Crippen LogP contribution >= 0.6 is 0 Å². The van der Waals surface area contributed by atoms with E-state index in [4.69, 9.17) is 4.46 Å². The zero-order chi connectivity index (χ0) is 2.00. The maximum Gasteiger partial charge on any atom is 0.381 e. The van der Waals surface area contributed by atoms with E-state index in [0.29, 0.717) is 0 Å². The Morgan fingerprint density at radius 2 is 1.25 bits per heavy atom. The van der Waals surface area contributed by atoms with Crippen molar-refractivity contribution in [1.29, 1.82) is 0 Å². The zero-order valence-electron chi connectivity index (χ0n) is 1.99. The van der Waals surface area contributed by atoms with E-state index in [1.807, 2.05) is 0 Å². The minimum absolute atomic E-state index is 0. The van der Waals surface area contributed by atoms with Gasteiger partial charge in [0.25, 0.3) is 0 Å². The molecular weight excluding hydrogens is 162 g/mol. The third-order valence-electron chi connectivity index (χ3n) is 0. The normalized spacial score (nSPS) is 1.00. The van der Waals surface area contributed by atoms with Crippen molar-refractivity contribution in [2.75, 3.05) is 0 Å². The summed E-state index contributed by atoms with van der Waals surface area (Å²) in [5.74, 6) is 0. The van der Waals surface area contributed by atoms with Gasteiger partial charge in [-0.2, -0.15) is 0 Å². The van der Waals surface area contributed by atoms with Crippen molar-refractivity contribution in [2.45, 2.75) is 0 Å². The van der Waals surface area contributed by atoms with Gasteiger partial charge in [0.15, 0.2) is 0 Å². The van der Waals surface area contributed by atoms with Crippen molar-refractivity contribution in [3.63, 3.8) is 0 Å². The van der Waals surface area contributed by atoms with Gasteiger partial charge in [-0.1, -0.05) is 0 Å². The van der Waals surface area contributed by atoms with Crippen LogP contribution in [0.25, 0.3) is 0 Å². The second-order valence-corrected chi connectivity index (χ2v) is 0. The van der Waals surface area contributed by atoms with Gasteiger partial charge in [-0.25, -0.2) is 0 Å². The molecule has 0 unspecified atom stereocenters. The molecule has 0 aliphatic carbocycles. The van der Waals surface area contributed by atoms with Crippen LogP contribution in [0.3, 0.4) is 0 Å². The van der Waals surface area contributed by atoms with E-state index in [0.717, 1.165) is 0 Å². The number of rotatable bonds is 0. The van der Waals surface area contributed by atoms with Crippen molar-refractivity contribution < 1.29 is 30.7 Å². The fourth-order valence-corrected chi connectivity index (χ4v) is 0. The van der Waals surface area contributed by atoms with Gasteiger partial charge in [0, 0.05) is 43.6 Å². The largest absolute Gasteiger partial charge is 0.381 e. The van der Waals surface area contributed by atoms with Gasteiger partial charge in [-0.3, -0.25) is 0 Å². The standard InChI is InChI=1S/Al.OSi.Zr/c;1-2;. The first kappa shape index (κ1) is 18.0. The summed E-state index contributed by atoms with van der Waals surface area (Å²) < 4.78 is 8.06. The molecule has 0 spiro atoms. The summed E-state index contributed by atoms with van der Waals surface area (Å²) in [6.45, 7) is 0. The summed E-state index contributed by atoms with van der Waals surface area (Å²) >= 11 is 0. The minimum Gasteiger partial charge on any atom is -0.381 e. The average molecular weight is 162 g/mol. The molecule has 0 aromatic carbocycles. The smallest absolute Gasteiger partial charge is 0.381 e. The van der Waals surface area contributed by atoms with Crippen LogP contribution < -0.4 is 0 Å². The molecule has 0 atom stereocenters. The fourth-order valence-electron chi connectivity index (χ4n) is 0. The molecule has 0 saturated carbocycles. The van der Waals surface area contributed by atoms with Crippen LogP contribution in [0.4, 0.5) is 0 Å². The first-order valence-electron chi connectivity index (χ1n) is 0.204. The predicted octanol–water partition coefficient (Wildman–Crippen LogP) is -0.883. The Hall–Kier alpha value is 1.43. The molecule has 0 fully saturated rings. The van der Waals surface area contributed by atoms with Crippen LogP contribution in [0.5, 0.6) is 0 Å². The molecule has 17 valence electrons. The molecule has 1 nitrogen and oxygen atoms in total. The van der Waals surface area contributed by atoms with Crippen molar-refractivity contribution in [3.8, 4) is 0 Å². The molecule has 0 aliphatic heterocycles. The van der Waals surface area contributed by atoms with Gasteiger partial charge in [0.05, 0.1) is 0 Å². The summed E-state index contributed by atoms with van der Waals surface area (Å²) in [6.07, 6.45) is 0. The van der Waals surface area contributed by atoms with E-state index in [1.54, 1.807) is 10.1 Å². The molecule has 0 rings (SSSR count). The Morgan fingerprint density at radius 3 is 1.25 bits per heavy atom. The molecule has 0 aromatic heterocycles. The van der Waals surface area contributed by atoms with E-state index in [2.05, 4.69) is 0 Å². The van der Waals surface area contributed by atoms with Gasteiger partial charge in [0.1, 0.15) is 0 Å². The van der Waals surface area contributed by atoms with Crippen molar-refractivity contribution in [3.05, 3.63) is 0 Å².